The van der Waals surface area contributed by atoms with Crippen molar-refractivity contribution in [2.75, 3.05) is 11.9 Å². The van der Waals surface area contributed by atoms with Gasteiger partial charge in [0.05, 0.1) is 5.56 Å². The van der Waals surface area contributed by atoms with E-state index < -0.39 is 0 Å². The quantitative estimate of drug-likeness (QED) is 0.519. The zero-order valence-corrected chi connectivity index (χ0v) is 15.8. The summed E-state index contributed by atoms with van der Waals surface area (Å²) < 4.78 is 11.1. The Bertz CT molecular complexity index is 1120. The van der Waals surface area contributed by atoms with E-state index in [9.17, 15) is 4.79 Å². The molecule has 0 aliphatic heterocycles. The Labute approximate surface area is 168 Å². The summed E-state index contributed by atoms with van der Waals surface area (Å²) >= 11 is 0. The minimum Gasteiger partial charge on any atom is -0.483 e. The summed E-state index contributed by atoms with van der Waals surface area (Å²) in [6.07, 6.45) is 0. The van der Waals surface area contributed by atoms with Crippen molar-refractivity contribution in [2.24, 2.45) is 0 Å². The zero-order chi connectivity index (χ0) is 20.1. The first-order valence-corrected chi connectivity index (χ1v) is 9.17. The Kier molecular flexibility index (Phi) is 5.33. The summed E-state index contributed by atoms with van der Waals surface area (Å²) in [5.74, 6) is 1.09. The van der Waals surface area contributed by atoms with Gasteiger partial charge in [0.2, 0.25) is 5.82 Å². The van der Waals surface area contributed by atoms with Crippen LogP contribution in [0.15, 0.2) is 83.4 Å². The van der Waals surface area contributed by atoms with Crippen molar-refractivity contribution in [3.8, 4) is 28.6 Å². The lowest BCUT2D eigenvalue weighted by Gasteiger charge is -2.10. The summed E-state index contributed by atoms with van der Waals surface area (Å²) in [5.41, 5.74) is 3.29. The summed E-state index contributed by atoms with van der Waals surface area (Å²) in [5, 5.41) is 6.89. The van der Waals surface area contributed by atoms with Crippen LogP contribution in [0.1, 0.15) is 5.56 Å². The van der Waals surface area contributed by atoms with Crippen molar-refractivity contribution in [1.29, 1.82) is 0 Å². The number of nitrogens with zero attached hydrogens (tertiary/aromatic N) is 2. The lowest BCUT2D eigenvalue weighted by molar-refractivity contribution is -0.118. The molecule has 6 nitrogen and oxygen atoms in total. The fraction of sp³-hybridized carbons (Fsp3) is 0.0870. The van der Waals surface area contributed by atoms with Gasteiger partial charge in [-0.25, -0.2) is 0 Å². The van der Waals surface area contributed by atoms with Crippen LogP contribution in [0.4, 0.5) is 5.69 Å². The number of carbonyl (C=O) groups is 1. The van der Waals surface area contributed by atoms with Gasteiger partial charge in [0.25, 0.3) is 11.8 Å². The summed E-state index contributed by atoms with van der Waals surface area (Å²) in [6.45, 7) is 1.84. The maximum Gasteiger partial charge on any atom is 0.262 e. The molecule has 0 radical (unpaired) electrons. The van der Waals surface area contributed by atoms with E-state index in [1.165, 1.54) is 0 Å². The highest BCUT2D eigenvalue weighted by Crippen LogP contribution is 2.29. The smallest absolute Gasteiger partial charge is 0.262 e. The molecule has 0 bridgehead atoms. The van der Waals surface area contributed by atoms with Crippen LogP contribution in [0, 0.1) is 6.92 Å². The van der Waals surface area contributed by atoms with E-state index in [-0.39, 0.29) is 12.5 Å². The molecule has 0 aliphatic carbocycles. The number of aromatic nitrogens is 2. The molecule has 4 aromatic rings. The molecular formula is C23H19N3O3. The van der Waals surface area contributed by atoms with Gasteiger partial charge in [-0.15, -0.1) is 0 Å². The second-order valence-corrected chi connectivity index (χ2v) is 6.49. The van der Waals surface area contributed by atoms with Crippen LogP contribution in [-0.2, 0) is 4.79 Å². The van der Waals surface area contributed by atoms with Gasteiger partial charge in [0, 0.05) is 11.3 Å². The molecule has 3 aromatic carbocycles. The number of para-hydroxylation sites is 1. The molecule has 1 N–H and O–H groups in total. The molecule has 1 heterocycles. The van der Waals surface area contributed by atoms with Gasteiger partial charge in [0.15, 0.2) is 6.61 Å². The van der Waals surface area contributed by atoms with Crippen LogP contribution < -0.4 is 10.1 Å². The lowest BCUT2D eigenvalue weighted by Crippen LogP contribution is -2.20. The van der Waals surface area contributed by atoms with Gasteiger partial charge in [-0.1, -0.05) is 47.6 Å². The van der Waals surface area contributed by atoms with Crippen molar-refractivity contribution in [3.63, 3.8) is 0 Å². The van der Waals surface area contributed by atoms with Gasteiger partial charge in [0.1, 0.15) is 5.75 Å². The third kappa shape index (κ3) is 4.50. The molecule has 4 rings (SSSR count). The minimum absolute atomic E-state index is 0.131. The monoisotopic (exact) mass is 385 g/mol. The second-order valence-electron chi connectivity index (χ2n) is 6.49. The van der Waals surface area contributed by atoms with Gasteiger partial charge in [-0.3, -0.25) is 4.79 Å². The molecule has 0 spiro atoms. The zero-order valence-electron chi connectivity index (χ0n) is 15.8. The van der Waals surface area contributed by atoms with Crippen molar-refractivity contribution in [2.45, 2.75) is 6.92 Å². The highest BCUT2D eigenvalue weighted by molar-refractivity contribution is 5.92. The number of rotatable bonds is 6. The molecular weight excluding hydrogens is 366 g/mol. The fourth-order valence-corrected chi connectivity index (χ4v) is 2.87. The molecule has 0 fully saturated rings. The molecule has 0 unspecified atom stereocenters. The third-order valence-electron chi connectivity index (χ3n) is 4.24. The van der Waals surface area contributed by atoms with Gasteiger partial charge >= 0.3 is 0 Å². The van der Waals surface area contributed by atoms with E-state index in [2.05, 4.69) is 15.5 Å². The number of amides is 1. The molecule has 0 saturated carbocycles. The Morgan fingerprint density at radius 1 is 1.00 bits per heavy atom. The number of aryl methyl sites for hydroxylation is 1. The Balaban J connectivity index is 1.47. The highest BCUT2D eigenvalue weighted by Gasteiger charge is 2.15. The maximum absolute atomic E-state index is 12.2. The fourth-order valence-electron chi connectivity index (χ4n) is 2.87. The Morgan fingerprint density at radius 3 is 2.62 bits per heavy atom. The molecule has 144 valence electrons. The first-order chi connectivity index (χ1) is 14.2. The Hall–Kier alpha value is -3.93. The highest BCUT2D eigenvalue weighted by atomic mass is 16.5. The number of benzene rings is 3. The van der Waals surface area contributed by atoms with E-state index in [0.717, 1.165) is 16.8 Å². The number of hydrogen-bond donors (Lipinski definition) is 1. The molecule has 29 heavy (non-hydrogen) atoms. The van der Waals surface area contributed by atoms with Crippen LogP contribution in [0.25, 0.3) is 22.8 Å². The number of anilines is 1. The second kappa shape index (κ2) is 8.39. The van der Waals surface area contributed by atoms with Crippen molar-refractivity contribution in [1.82, 2.24) is 10.1 Å². The Morgan fingerprint density at radius 2 is 1.79 bits per heavy atom. The maximum atomic E-state index is 12.2. The van der Waals surface area contributed by atoms with Crippen molar-refractivity contribution >= 4 is 11.6 Å². The van der Waals surface area contributed by atoms with Crippen molar-refractivity contribution in [3.05, 3.63) is 84.4 Å². The topological polar surface area (TPSA) is 77.2 Å². The number of ether oxygens (including phenoxy) is 1. The lowest BCUT2D eigenvalue weighted by atomic mass is 10.2. The van der Waals surface area contributed by atoms with Gasteiger partial charge < -0.3 is 14.6 Å². The predicted octanol–water partition coefficient (Wildman–Crippen LogP) is 4.73. The molecule has 1 aromatic heterocycles. The van der Waals surface area contributed by atoms with Crippen LogP contribution in [-0.4, -0.2) is 22.7 Å². The number of hydrogen-bond acceptors (Lipinski definition) is 5. The predicted molar refractivity (Wildman–Crippen MR) is 110 cm³/mol. The number of carbonyl (C=O) groups excluding carboxylic acids is 1. The van der Waals surface area contributed by atoms with E-state index >= 15 is 0 Å². The van der Waals surface area contributed by atoms with Crippen LogP contribution >= 0.6 is 0 Å². The van der Waals surface area contributed by atoms with Crippen LogP contribution in [0.2, 0.25) is 0 Å². The summed E-state index contributed by atoms with van der Waals surface area (Å²) in [4.78, 5) is 16.7. The molecule has 1 amide bonds. The third-order valence-corrected chi connectivity index (χ3v) is 4.24. The van der Waals surface area contributed by atoms with E-state index in [4.69, 9.17) is 9.26 Å². The van der Waals surface area contributed by atoms with E-state index in [1.54, 1.807) is 6.07 Å². The average Bonchev–Trinajstić information content (AvgIpc) is 3.23. The van der Waals surface area contributed by atoms with Crippen LogP contribution in [0.3, 0.4) is 0 Å². The average molecular weight is 385 g/mol. The molecule has 0 atom stereocenters. The standard InChI is InChI=1S/C23H19N3O3/c1-16-8-7-11-18(14-16)24-21(27)15-28-20-13-6-5-12-19(20)22-25-23(29-26-22)17-9-3-2-4-10-17/h2-14H,15H2,1H3,(H,24,27). The van der Waals surface area contributed by atoms with E-state index in [1.807, 2.05) is 79.7 Å². The van der Waals surface area contributed by atoms with Gasteiger partial charge in [-0.2, -0.15) is 4.98 Å². The van der Waals surface area contributed by atoms with Crippen molar-refractivity contribution < 1.29 is 14.1 Å². The largest absolute Gasteiger partial charge is 0.483 e. The van der Waals surface area contributed by atoms with Gasteiger partial charge in [-0.05, 0) is 48.9 Å². The SMILES string of the molecule is Cc1cccc(NC(=O)COc2ccccc2-c2noc(-c3ccccc3)n2)c1. The molecule has 0 aliphatic rings. The first-order valence-electron chi connectivity index (χ1n) is 9.17. The van der Waals surface area contributed by atoms with Crippen LogP contribution in [0.5, 0.6) is 5.75 Å². The van der Waals surface area contributed by atoms with E-state index in [0.29, 0.717) is 23.0 Å². The molecule has 0 saturated heterocycles. The molecule has 6 heteroatoms. The first kappa shape index (κ1) is 18.4. The minimum atomic E-state index is -0.247. The summed E-state index contributed by atoms with van der Waals surface area (Å²) in [6, 6.07) is 24.4. The number of nitrogens with one attached hydrogen (secondary N) is 1. The summed E-state index contributed by atoms with van der Waals surface area (Å²) in [7, 11) is 0. The normalized spacial score (nSPS) is 10.5.